The van der Waals surface area contributed by atoms with Gasteiger partial charge in [0.1, 0.15) is 0 Å². The standard InChI is InChI=1S/C17H25N3O/c1-5-21-17(13(2)3)16(18-4)15-11-12-19-20(15)14-9-7-6-8-10-14/h6-13,16-18H,5H2,1-4H3. The highest BCUT2D eigenvalue weighted by molar-refractivity contribution is 5.33. The van der Waals surface area contributed by atoms with Crippen LogP contribution in [0.3, 0.4) is 0 Å². The van der Waals surface area contributed by atoms with E-state index in [1.807, 2.05) is 43.0 Å². The lowest BCUT2D eigenvalue weighted by Crippen LogP contribution is -2.36. The highest BCUT2D eigenvalue weighted by Crippen LogP contribution is 2.26. The Bertz CT molecular complexity index is 536. The van der Waals surface area contributed by atoms with E-state index >= 15 is 0 Å². The van der Waals surface area contributed by atoms with Crippen LogP contribution >= 0.6 is 0 Å². The van der Waals surface area contributed by atoms with Gasteiger partial charge >= 0.3 is 0 Å². The first kappa shape index (κ1) is 15.7. The van der Waals surface area contributed by atoms with Gasteiger partial charge in [0.25, 0.3) is 0 Å². The SMILES string of the molecule is CCOC(C(C)C)C(NC)c1ccnn1-c1ccccc1. The smallest absolute Gasteiger partial charge is 0.0807 e. The van der Waals surface area contributed by atoms with Crippen molar-refractivity contribution in [2.75, 3.05) is 13.7 Å². The molecule has 0 fully saturated rings. The van der Waals surface area contributed by atoms with Gasteiger partial charge < -0.3 is 10.1 Å². The number of hydrogen-bond acceptors (Lipinski definition) is 3. The zero-order valence-electron chi connectivity index (χ0n) is 13.3. The molecule has 0 radical (unpaired) electrons. The predicted octanol–water partition coefficient (Wildman–Crippen LogP) is 3.19. The lowest BCUT2D eigenvalue weighted by Gasteiger charge is -2.30. The molecule has 2 aromatic rings. The van der Waals surface area contributed by atoms with E-state index in [9.17, 15) is 0 Å². The number of rotatable bonds is 7. The van der Waals surface area contributed by atoms with Crippen LogP contribution in [0.15, 0.2) is 42.6 Å². The first-order valence-corrected chi connectivity index (χ1v) is 7.57. The van der Waals surface area contributed by atoms with Crippen LogP contribution in [0.1, 0.15) is 32.5 Å². The minimum absolute atomic E-state index is 0.104. The van der Waals surface area contributed by atoms with Gasteiger partial charge in [-0.05, 0) is 38.1 Å². The van der Waals surface area contributed by atoms with Crippen LogP contribution in [-0.4, -0.2) is 29.5 Å². The van der Waals surface area contributed by atoms with E-state index in [1.54, 1.807) is 0 Å². The van der Waals surface area contributed by atoms with Crippen LogP contribution in [0.25, 0.3) is 5.69 Å². The third-order valence-electron chi connectivity index (χ3n) is 3.65. The Hall–Kier alpha value is -1.65. The van der Waals surface area contributed by atoms with Crippen molar-refractivity contribution in [3.8, 4) is 5.69 Å². The molecule has 21 heavy (non-hydrogen) atoms. The molecule has 0 aliphatic carbocycles. The number of para-hydroxylation sites is 1. The van der Waals surface area contributed by atoms with Crippen molar-refractivity contribution < 1.29 is 4.74 Å². The fourth-order valence-electron chi connectivity index (χ4n) is 2.68. The van der Waals surface area contributed by atoms with Crippen LogP contribution in [0.4, 0.5) is 0 Å². The number of likely N-dealkylation sites (N-methyl/N-ethyl adjacent to an activating group) is 1. The van der Waals surface area contributed by atoms with Gasteiger partial charge in [0.05, 0.1) is 23.5 Å². The van der Waals surface area contributed by atoms with Crippen LogP contribution in [0, 0.1) is 5.92 Å². The summed E-state index contributed by atoms with van der Waals surface area (Å²) >= 11 is 0. The molecule has 2 unspecified atom stereocenters. The predicted molar refractivity (Wildman–Crippen MR) is 85.6 cm³/mol. The van der Waals surface area contributed by atoms with E-state index in [2.05, 4.69) is 42.5 Å². The van der Waals surface area contributed by atoms with Crippen LogP contribution < -0.4 is 5.32 Å². The Labute approximate surface area is 127 Å². The molecular weight excluding hydrogens is 262 g/mol. The molecule has 0 saturated carbocycles. The van der Waals surface area contributed by atoms with Crippen molar-refractivity contribution in [3.63, 3.8) is 0 Å². The van der Waals surface area contributed by atoms with Gasteiger partial charge in [0.2, 0.25) is 0 Å². The topological polar surface area (TPSA) is 39.1 Å². The molecule has 0 amide bonds. The fraction of sp³-hybridized carbons (Fsp3) is 0.471. The van der Waals surface area contributed by atoms with Gasteiger partial charge in [-0.3, -0.25) is 0 Å². The normalized spacial score (nSPS) is 14.3. The molecule has 0 aliphatic rings. The Morgan fingerprint density at radius 2 is 1.90 bits per heavy atom. The van der Waals surface area contributed by atoms with Gasteiger partial charge in [-0.25, -0.2) is 4.68 Å². The second-order valence-electron chi connectivity index (χ2n) is 5.43. The summed E-state index contributed by atoms with van der Waals surface area (Å²) in [6.45, 7) is 7.12. The third-order valence-corrected chi connectivity index (χ3v) is 3.65. The van der Waals surface area contributed by atoms with Gasteiger partial charge in [0, 0.05) is 12.8 Å². The summed E-state index contributed by atoms with van der Waals surface area (Å²) in [4.78, 5) is 0. The van der Waals surface area contributed by atoms with Crippen molar-refractivity contribution in [1.29, 1.82) is 0 Å². The van der Waals surface area contributed by atoms with E-state index in [0.717, 1.165) is 11.4 Å². The Kier molecular flexibility index (Phi) is 5.53. The minimum atomic E-state index is 0.104. The lowest BCUT2D eigenvalue weighted by atomic mass is 9.96. The summed E-state index contributed by atoms with van der Waals surface area (Å²) in [5.74, 6) is 0.418. The summed E-state index contributed by atoms with van der Waals surface area (Å²) in [6.07, 6.45) is 1.95. The van der Waals surface area contributed by atoms with Crippen molar-refractivity contribution in [1.82, 2.24) is 15.1 Å². The summed E-state index contributed by atoms with van der Waals surface area (Å²) in [5, 5.41) is 7.87. The second-order valence-corrected chi connectivity index (χ2v) is 5.43. The first-order valence-electron chi connectivity index (χ1n) is 7.57. The van der Waals surface area contributed by atoms with E-state index < -0.39 is 0 Å². The van der Waals surface area contributed by atoms with Crippen molar-refractivity contribution in [2.45, 2.75) is 32.9 Å². The van der Waals surface area contributed by atoms with E-state index in [-0.39, 0.29) is 12.1 Å². The molecule has 4 heteroatoms. The third kappa shape index (κ3) is 3.52. The number of benzene rings is 1. The van der Waals surface area contributed by atoms with Crippen molar-refractivity contribution in [2.24, 2.45) is 5.92 Å². The Balaban J connectivity index is 2.37. The number of ether oxygens (including phenoxy) is 1. The van der Waals surface area contributed by atoms with Gasteiger partial charge in [-0.1, -0.05) is 32.0 Å². The highest BCUT2D eigenvalue weighted by atomic mass is 16.5. The quantitative estimate of drug-likeness (QED) is 0.850. The average Bonchev–Trinajstić information content (AvgIpc) is 2.97. The highest BCUT2D eigenvalue weighted by Gasteiger charge is 2.28. The molecule has 4 nitrogen and oxygen atoms in total. The monoisotopic (exact) mass is 287 g/mol. The number of nitrogens with one attached hydrogen (secondary N) is 1. The molecule has 1 heterocycles. The molecule has 2 atom stereocenters. The van der Waals surface area contributed by atoms with Gasteiger partial charge in [-0.15, -0.1) is 0 Å². The maximum absolute atomic E-state index is 5.97. The van der Waals surface area contributed by atoms with Gasteiger partial charge in [-0.2, -0.15) is 5.10 Å². The maximum Gasteiger partial charge on any atom is 0.0807 e. The first-order chi connectivity index (χ1) is 10.2. The molecular formula is C17H25N3O. The van der Waals surface area contributed by atoms with Crippen LogP contribution in [-0.2, 0) is 4.74 Å². The summed E-state index contributed by atoms with van der Waals surface area (Å²) in [5.41, 5.74) is 2.19. The Morgan fingerprint density at radius 3 is 2.48 bits per heavy atom. The number of nitrogens with zero attached hydrogens (tertiary/aromatic N) is 2. The average molecular weight is 287 g/mol. The fourth-order valence-corrected chi connectivity index (χ4v) is 2.68. The van der Waals surface area contributed by atoms with E-state index in [0.29, 0.717) is 12.5 Å². The number of hydrogen-bond donors (Lipinski definition) is 1. The molecule has 2 rings (SSSR count). The molecule has 0 saturated heterocycles. The number of aromatic nitrogens is 2. The molecule has 0 aliphatic heterocycles. The summed E-state index contributed by atoms with van der Waals surface area (Å²) < 4.78 is 7.95. The van der Waals surface area contributed by atoms with Gasteiger partial charge in [0.15, 0.2) is 0 Å². The maximum atomic E-state index is 5.97. The lowest BCUT2D eigenvalue weighted by molar-refractivity contribution is 0.00309. The van der Waals surface area contributed by atoms with Crippen LogP contribution in [0.5, 0.6) is 0 Å². The minimum Gasteiger partial charge on any atom is -0.376 e. The molecule has 114 valence electrons. The molecule has 0 spiro atoms. The molecule has 1 N–H and O–H groups in total. The molecule has 1 aromatic carbocycles. The zero-order chi connectivity index (χ0) is 15.2. The Morgan fingerprint density at radius 1 is 1.19 bits per heavy atom. The molecule has 0 bridgehead atoms. The van der Waals surface area contributed by atoms with Crippen molar-refractivity contribution >= 4 is 0 Å². The van der Waals surface area contributed by atoms with E-state index in [4.69, 9.17) is 4.74 Å². The summed E-state index contributed by atoms with van der Waals surface area (Å²) in [6, 6.07) is 12.4. The largest absolute Gasteiger partial charge is 0.376 e. The van der Waals surface area contributed by atoms with Crippen LogP contribution in [0.2, 0.25) is 0 Å². The van der Waals surface area contributed by atoms with Crippen molar-refractivity contribution in [3.05, 3.63) is 48.3 Å². The summed E-state index contributed by atoms with van der Waals surface area (Å²) in [7, 11) is 1.97. The second kappa shape index (κ2) is 7.38. The molecule has 1 aromatic heterocycles. The zero-order valence-corrected chi connectivity index (χ0v) is 13.3. The van der Waals surface area contributed by atoms with E-state index in [1.165, 1.54) is 0 Å².